The van der Waals surface area contributed by atoms with Crippen molar-refractivity contribution in [3.8, 4) is 39.6 Å². The lowest BCUT2D eigenvalue weighted by Crippen LogP contribution is -2.05. The molecule has 0 unspecified atom stereocenters. The smallest absolute Gasteiger partial charge is 0.233 e. The predicted octanol–water partition coefficient (Wildman–Crippen LogP) is 7.15. The molecule has 0 saturated carbocycles. The molecule has 0 radical (unpaired) electrons. The number of benzene rings is 4. The van der Waals surface area contributed by atoms with Gasteiger partial charge in [0.25, 0.3) is 0 Å². The van der Waals surface area contributed by atoms with Crippen LogP contribution in [0.25, 0.3) is 44.6 Å². The molecule has 1 heterocycles. The van der Waals surface area contributed by atoms with Crippen LogP contribution in [-0.2, 0) is 4.79 Å². The molecule has 0 aliphatic rings. The van der Waals surface area contributed by atoms with Gasteiger partial charge in [-0.05, 0) is 40.1 Å². The van der Waals surface area contributed by atoms with Gasteiger partial charge in [0.05, 0.1) is 10.6 Å². The van der Waals surface area contributed by atoms with Gasteiger partial charge in [-0.15, -0.1) is 0 Å². The number of phenols is 1. The van der Waals surface area contributed by atoms with Crippen LogP contribution in [0.3, 0.4) is 0 Å². The van der Waals surface area contributed by atoms with Gasteiger partial charge in [0.1, 0.15) is 11.4 Å². The molecule has 0 aliphatic heterocycles. The molecule has 4 aromatic carbocycles. The highest BCUT2D eigenvalue weighted by atomic mass is 35.5. The van der Waals surface area contributed by atoms with E-state index in [1.165, 1.54) is 6.92 Å². The molecule has 0 bridgehead atoms. The van der Waals surface area contributed by atoms with Gasteiger partial charge in [0.2, 0.25) is 17.7 Å². The number of aromatic hydroxyl groups is 1. The second-order valence-corrected chi connectivity index (χ2v) is 8.02. The summed E-state index contributed by atoms with van der Waals surface area (Å²) in [6, 6.07) is 26.7. The van der Waals surface area contributed by atoms with Crippen LogP contribution >= 0.6 is 11.6 Å². The quantitative estimate of drug-likeness (QED) is 0.302. The summed E-state index contributed by atoms with van der Waals surface area (Å²) in [6.07, 6.45) is 0. The highest BCUT2D eigenvalue weighted by Gasteiger charge is 2.21. The fourth-order valence-corrected chi connectivity index (χ4v) is 4.10. The highest BCUT2D eigenvalue weighted by molar-refractivity contribution is 6.33. The summed E-state index contributed by atoms with van der Waals surface area (Å²) in [6.45, 7) is 1.38. The van der Waals surface area contributed by atoms with E-state index < -0.39 is 0 Å². The third-order valence-corrected chi connectivity index (χ3v) is 5.70. The van der Waals surface area contributed by atoms with Crippen molar-refractivity contribution in [1.29, 1.82) is 0 Å². The number of phenolic OH excluding ortho intramolecular Hbond substituents is 1. The Bertz CT molecular complexity index is 1500. The molecule has 1 aromatic heterocycles. The van der Waals surface area contributed by atoms with Gasteiger partial charge in [-0.2, -0.15) is 0 Å². The minimum atomic E-state index is -0.304. The Morgan fingerprint density at radius 2 is 1.64 bits per heavy atom. The van der Waals surface area contributed by atoms with Gasteiger partial charge < -0.3 is 9.52 Å². The van der Waals surface area contributed by atoms with Crippen molar-refractivity contribution in [1.82, 2.24) is 4.98 Å². The molecule has 0 fully saturated rings. The van der Waals surface area contributed by atoms with Crippen molar-refractivity contribution in [2.75, 3.05) is 5.32 Å². The Labute approximate surface area is 195 Å². The number of amides is 1. The van der Waals surface area contributed by atoms with Crippen molar-refractivity contribution in [3.05, 3.63) is 90.0 Å². The minimum Gasteiger partial charge on any atom is -0.507 e. The monoisotopic (exact) mass is 454 g/mol. The van der Waals surface area contributed by atoms with Gasteiger partial charge in [0, 0.05) is 12.5 Å². The highest BCUT2D eigenvalue weighted by Crippen LogP contribution is 2.40. The zero-order valence-electron chi connectivity index (χ0n) is 17.7. The molecule has 5 rings (SSSR count). The lowest BCUT2D eigenvalue weighted by molar-refractivity contribution is -0.114. The largest absolute Gasteiger partial charge is 0.507 e. The van der Waals surface area contributed by atoms with Crippen LogP contribution < -0.4 is 5.32 Å². The molecule has 0 saturated heterocycles. The molecule has 1 amide bonds. The van der Waals surface area contributed by atoms with E-state index in [1.54, 1.807) is 24.3 Å². The van der Waals surface area contributed by atoms with E-state index in [9.17, 15) is 9.90 Å². The van der Waals surface area contributed by atoms with Gasteiger partial charge in [-0.25, -0.2) is 4.98 Å². The van der Waals surface area contributed by atoms with Crippen molar-refractivity contribution < 1.29 is 14.3 Å². The lowest BCUT2D eigenvalue weighted by Gasteiger charge is -2.09. The number of rotatable bonds is 4. The number of halogens is 1. The van der Waals surface area contributed by atoms with E-state index >= 15 is 0 Å². The van der Waals surface area contributed by atoms with E-state index in [4.69, 9.17) is 16.0 Å². The van der Waals surface area contributed by atoms with Crippen LogP contribution in [0.1, 0.15) is 6.92 Å². The summed E-state index contributed by atoms with van der Waals surface area (Å²) >= 11 is 6.35. The molecule has 33 heavy (non-hydrogen) atoms. The Morgan fingerprint density at radius 1 is 0.909 bits per heavy atom. The maximum Gasteiger partial charge on any atom is 0.233 e. The number of hydrogen-bond acceptors (Lipinski definition) is 4. The summed E-state index contributed by atoms with van der Waals surface area (Å²) in [7, 11) is 0. The number of oxazole rings is 1. The van der Waals surface area contributed by atoms with Gasteiger partial charge in [-0.3, -0.25) is 10.1 Å². The number of hydrogen-bond donors (Lipinski definition) is 2. The molecule has 5 aromatic rings. The van der Waals surface area contributed by atoms with E-state index in [-0.39, 0.29) is 23.4 Å². The first-order valence-corrected chi connectivity index (χ1v) is 10.7. The van der Waals surface area contributed by atoms with Crippen LogP contribution in [0.2, 0.25) is 5.02 Å². The molecule has 0 aliphatic carbocycles. The molecule has 2 N–H and O–H groups in total. The maximum atomic E-state index is 11.7. The number of carbonyl (C=O) groups is 1. The molecule has 0 spiro atoms. The number of aromatic nitrogens is 1. The second-order valence-electron chi connectivity index (χ2n) is 7.62. The number of fused-ring (bicyclic) bond motifs is 1. The van der Waals surface area contributed by atoms with E-state index in [0.29, 0.717) is 21.8 Å². The van der Waals surface area contributed by atoms with E-state index in [2.05, 4.69) is 28.5 Å². The molecule has 0 atom stereocenters. The Morgan fingerprint density at radius 3 is 2.42 bits per heavy atom. The normalized spacial score (nSPS) is 11.0. The topological polar surface area (TPSA) is 75.4 Å². The first kappa shape index (κ1) is 20.8. The van der Waals surface area contributed by atoms with Crippen LogP contribution in [0.15, 0.2) is 89.3 Å². The zero-order chi connectivity index (χ0) is 22.9. The lowest BCUT2D eigenvalue weighted by atomic mass is 9.97. The van der Waals surface area contributed by atoms with Gasteiger partial charge in [0.15, 0.2) is 0 Å². The molecule has 162 valence electrons. The van der Waals surface area contributed by atoms with E-state index in [1.807, 2.05) is 42.5 Å². The number of carbonyl (C=O) groups excluding carboxylic acids is 1. The van der Waals surface area contributed by atoms with E-state index in [0.717, 1.165) is 21.9 Å². The summed E-state index contributed by atoms with van der Waals surface area (Å²) in [4.78, 5) is 16.3. The molecule has 6 heteroatoms. The molecular weight excluding hydrogens is 436 g/mol. The Kier molecular flexibility index (Phi) is 5.32. The zero-order valence-corrected chi connectivity index (χ0v) is 18.4. The summed E-state index contributed by atoms with van der Waals surface area (Å²) < 4.78 is 5.86. The fraction of sp³-hybridized carbons (Fsp3) is 0.0370. The van der Waals surface area contributed by atoms with Crippen molar-refractivity contribution in [3.63, 3.8) is 0 Å². The standard InChI is InChI=1S/C27H19ClN2O3/c1-16(31)29-27-25(21-10-4-5-12-23(21)28)30-26(33-27)22-14-13-18(15-24(22)32)20-11-6-8-17-7-2-3-9-19(17)20/h2-15,32H,1H3,(H,29,31). The molecular formula is C27H19ClN2O3. The van der Waals surface area contributed by atoms with Crippen molar-refractivity contribution >= 4 is 34.2 Å². The summed E-state index contributed by atoms with van der Waals surface area (Å²) in [5.41, 5.74) is 3.29. The maximum absolute atomic E-state index is 11.7. The van der Waals surface area contributed by atoms with Crippen LogP contribution in [0, 0.1) is 0 Å². The number of anilines is 1. The predicted molar refractivity (Wildman–Crippen MR) is 131 cm³/mol. The Balaban J connectivity index is 1.60. The summed E-state index contributed by atoms with van der Waals surface area (Å²) in [5, 5.41) is 16.2. The molecule has 5 nitrogen and oxygen atoms in total. The number of nitrogens with zero attached hydrogens (tertiary/aromatic N) is 1. The third-order valence-electron chi connectivity index (χ3n) is 5.37. The van der Waals surface area contributed by atoms with Crippen molar-refractivity contribution in [2.24, 2.45) is 0 Å². The second kappa shape index (κ2) is 8.45. The van der Waals surface area contributed by atoms with Crippen LogP contribution in [-0.4, -0.2) is 16.0 Å². The SMILES string of the molecule is CC(=O)Nc1oc(-c2ccc(-c3cccc4ccccc34)cc2O)nc1-c1ccccc1Cl. The average molecular weight is 455 g/mol. The van der Waals surface area contributed by atoms with Crippen LogP contribution in [0.4, 0.5) is 5.88 Å². The minimum absolute atomic E-state index is 0.0155. The average Bonchev–Trinajstić information content (AvgIpc) is 3.21. The van der Waals surface area contributed by atoms with Crippen LogP contribution in [0.5, 0.6) is 5.75 Å². The van der Waals surface area contributed by atoms with Gasteiger partial charge >= 0.3 is 0 Å². The number of nitrogens with one attached hydrogen (secondary N) is 1. The summed E-state index contributed by atoms with van der Waals surface area (Å²) in [5.74, 6) is 0.0575. The first-order valence-electron chi connectivity index (χ1n) is 10.4. The van der Waals surface area contributed by atoms with Crippen molar-refractivity contribution in [2.45, 2.75) is 6.92 Å². The van der Waals surface area contributed by atoms with Gasteiger partial charge in [-0.1, -0.05) is 78.3 Å². The third kappa shape index (κ3) is 3.95. The fourth-order valence-electron chi connectivity index (χ4n) is 3.87. The first-order chi connectivity index (χ1) is 16.0. The Hall–Kier alpha value is -4.09.